The summed E-state index contributed by atoms with van der Waals surface area (Å²) < 4.78 is 1.83. The molecule has 0 radical (unpaired) electrons. The van der Waals surface area contributed by atoms with Crippen LogP contribution in [0.4, 0.5) is 0 Å². The Morgan fingerprint density at radius 3 is 3.00 bits per heavy atom. The summed E-state index contributed by atoms with van der Waals surface area (Å²) in [4.78, 5) is 0. The molecular weight excluding hydrogens is 162 g/mol. The molecule has 0 aliphatic rings. The molecule has 1 aromatic heterocycles. The minimum Gasteiger partial charge on any atom is -0.393 e. The maximum Gasteiger partial charge on any atom is 0.190 e. The van der Waals surface area contributed by atoms with E-state index in [0.29, 0.717) is 5.75 Å². The van der Waals surface area contributed by atoms with Gasteiger partial charge in [-0.05, 0) is 6.92 Å². The first-order valence-electron chi connectivity index (χ1n) is 3.35. The second-order valence-electron chi connectivity index (χ2n) is 2.38. The molecule has 0 spiro atoms. The maximum absolute atomic E-state index is 8.96. The van der Waals surface area contributed by atoms with Gasteiger partial charge in [0.15, 0.2) is 5.16 Å². The van der Waals surface area contributed by atoms with Crippen LogP contribution in [0.25, 0.3) is 0 Å². The van der Waals surface area contributed by atoms with Crippen LogP contribution >= 0.6 is 11.8 Å². The van der Waals surface area contributed by atoms with E-state index in [-0.39, 0.29) is 6.10 Å². The molecule has 0 saturated heterocycles. The number of hydrogen-bond donors (Lipinski definition) is 1. The van der Waals surface area contributed by atoms with Crippen LogP contribution in [-0.2, 0) is 7.05 Å². The van der Waals surface area contributed by atoms with E-state index in [2.05, 4.69) is 10.2 Å². The quantitative estimate of drug-likeness (QED) is 0.667. The van der Waals surface area contributed by atoms with Crippen LogP contribution in [-0.4, -0.2) is 31.7 Å². The SMILES string of the molecule is C[C@H](O)CSc1nncn1C. The van der Waals surface area contributed by atoms with E-state index in [0.717, 1.165) is 5.16 Å². The van der Waals surface area contributed by atoms with Crippen molar-refractivity contribution < 1.29 is 5.11 Å². The van der Waals surface area contributed by atoms with Crippen molar-refractivity contribution in [2.45, 2.75) is 18.2 Å². The number of aliphatic hydroxyl groups is 1. The van der Waals surface area contributed by atoms with E-state index in [1.807, 2.05) is 11.6 Å². The number of aliphatic hydroxyl groups excluding tert-OH is 1. The molecule has 5 heteroatoms. The molecule has 0 unspecified atom stereocenters. The normalized spacial score (nSPS) is 13.4. The van der Waals surface area contributed by atoms with Gasteiger partial charge in [-0.2, -0.15) is 0 Å². The average molecular weight is 173 g/mol. The van der Waals surface area contributed by atoms with Crippen molar-refractivity contribution in [2.24, 2.45) is 7.05 Å². The highest BCUT2D eigenvalue weighted by Gasteiger charge is 2.02. The van der Waals surface area contributed by atoms with E-state index in [4.69, 9.17) is 5.11 Å². The van der Waals surface area contributed by atoms with Crippen LogP contribution in [0.1, 0.15) is 6.92 Å². The second-order valence-corrected chi connectivity index (χ2v) is 3.37. The highest BCUT2D eigenvalue weighted by atomic mass is 32.2. The van der Waals surface area contributed by atoms with Crippen LogP contribution in [0.15, 0.2) is 11.5 Å². The zero-order chi connectivity index (χ0) is 8.27. The third-order valence-electron chi connectivity index (χ3n) is 1.12. The lowest BCUT2D eigenvalue weighted by Crippen LogP contribution is -2.03. The largest absolute Gasteiger partial charge is 0.393 e. The summed E-state index contributed by atoms with van der Waals surface area (Å²) in [5.41, 5.74) is 0. The monoisotopic (exact) mass is 173 g/mol. The highest BCUT2D eigenvalue weighted by molar-refractivity contribution is 7.99. The number of nitrogens with zero attached hydrogens (tertiary/aromatic N) is 3. The molecule has 1 N–H and O–H groups in total. The van der Waals surface area contributed by atoms with Crippen LogP contribution in [0.5, 0.6) is 0 Å². The number of rotatable bonds is 3. The maximum atomic E-state index is 8.96. The molecule has 0 amide bonds. The van der Waals surface area contributed by atoms with Crippen molar-refractivity contribution in [1.29, 1.82) is 0 Å². The van der Waals surface area contributed by atoms with Gasteiger partial charge in [0.2, 0.25) is 0 Å². The summed E-state index contributed by atoms with van der Waals surface area (Å²) in [5.74, 6) is 0.659. The zero-order valence-electron chi connectivity index (χ0n) is 6.56. The van der Waals surface area contributed by atoms with Gasteiger partial charge in [0.1, 0.15) is 6.33 Å². The van der Waals surface area contributed by atoms with E-state index in [1.165, 1.54) is 11.8 Å². The molecule has 11 heavy (non-hydrogen) atoms. The van der Waals surface area contributed by atoms with Gasteiger partial charge in [-0.3, -0.25) is 0 Å². The van der Waals surface area contributed by atoms with E-state index >= 15 is 0 Å². The van der Waals surface area contributed by atoms with Gasteiger partial charge in [0, 0.05) is 12.8 Å². The van der Waals surface area contributed by atoms with Crippen molar-refractivity contribution in [3.63, 3.8) is 0 Å². The highest BCUT2D eigenvalue weighted by Crippen LogP contribution is 2.13. The molecule has 0 aromatic carbocycles. The Hall–Kier alpha value is -0.550. The molecule has 0 fully saturated rings. The van der Waals surface area contributed by atoms with E-state index in [1.54, 1.807) is 13.3 Å². The van der Waals surface area contributed by atoms with Gasteiger partial charge in [-0.15, -0.1) is 10.2 Å². The van der Waals surface area contributed by atoms with Crippen LogP contribution in [0.3, 0.4) is 0 Å². The summed E-state index contributed by atoms with van der Waals surface area (Å²) >= 11 is 1.50. The second kappa shape index (κ2) is 3.73. The molecule has 1 aromatic rings. The topological polar surface area (TPSA) is 50.9 Å². The Kier molecular flexibility index (Phi) is 2.90. The van der Waals surface area contributed by atoms with Gasteiger partial charge in [0.05, 0.1) is 6.10 Å². The fourth-order valence-electron chi connectivity index (χ4n) is 0.598. The molecule has 62 valence electrons. The van der Waals surface area contributed by atoms with Gasteiger partial charge in [0.25, 0.3) is 0 Å². The number of hydrogen-bond acceptors (Lipinski definition) is 4. The zero-order valence-corrected chi connectivity index (χ0v) is 7.38. The summed E-state index contributed by atoms with van der Waals surface area (Å²) in [6.45, 7) is 1.75. The molecule has 0 aliphatic heterocycles. The first-order valence-corrected chi connectivity index (χ1v) is 4.33. The van der Waals surface area contributed by atoms with Crippen molar-refractivity contribution >= 4 is 11.8 Å². The molecule has 0 saturated carbocycles. The van der Waals surface area contributed by atoms with Gasteiger partial charge < -0.3 is 9.67 Å². The third kappa shape index (κ3) is 2.51. The van der Waals surface area contributed by atoms with Crippen LogP contribution < -0.4 is 0 Å². The van der Waals surface area contributed by atoms with Crippen LogP contribution in [0.2, 0.25) is 0 Å². The lowest BCUT2D eigenvalue weighted by molar-refractivity contribution is 0.220. The first-order chi connectivity index (χ1) is 5.20. The fourth-order valence-corrected chi connectivity index (χ4v) is 1.34. The summed E-state index contributed by atoms with van der Waals surface area (Å²) in [5, 5.41) is 17.4. The molecular formula is C6H11N3OS. The van der Waals surface area contributed by atoms with Crippen molar-refractivity contribution in [3.8, 4) is 0 Å². The Labute approximate surface area is 69.6 Å². The molecule has 1 atom stereocenters. The average Bonchev–Trinajstić information content (AvgIpc) is 2.31. The number of aromatic nitrogens is 3. The van der Waals surface area contributed by atoms with Crippen LogP contribution in [0, 0.1) is 0 Å². The summed E-state index contributed by atoms with van der Waals surface area (Å²) in [7, 11) is 1.88. The van der Waals surface area contributed by atoms with Crippen molar-refractivity contribution in [1.82, 2.24) is 14.8 Å². The van der Waals surface area contributed by atoms with Crippen molar-refractivity contribution in [2.75, 3.05) is 5.75 Å². The van der Waals surface area contributed by atoms with Gasteiger partial charge in [-0.1, -0.05) is 11.8 Å². The molecule has 0 aliphatic carbocycles. The first kappa shape index (κ1) is 8.55. The third-order valence-corrected chi connectivity index (χ3v) is 2.40. The summed E-state index contributed by atoms with van der Waals surface area (Å²) in [6, 6.07) is 0. The molecule has 1 heterocycles. The Morgan fingerprint density at radius 1 is 1.82 bits per heavy atom. The molecule has 4 nitrogen and oxygen atoms in total. The number of thioether (sulfide) groups is 1. The lowest BCUT2D eigenvalue weighted by Gasteiger charge is -2.01. The van der Waals surface area contributed by atoms with Gasteiger partial charge >= 0.3 is 0 Å². The predicted molar refractivity (Wildman–Crippen MR) is 43.4 cm³/mol. The summed E-state index contributed by atoms with van der Waals surface area (Å²) in [6.07, 6.45) is 1.35. The molecule has 1 rings (SSSR count). The lowest BCUT2D eigenvalue weighted by atomic mass is 10.5. The van der Waals surface area contributed by atoms with Gasteiger partial charge in [-0.25, -0.2) is 0 Å². The predicted octanol–water partition coefficient (Wildman–Crippen LogP) is 0.288. The van der Waals surface area contributed by atoms with E-state index < -0.39 is 0 Å². The molecule has 0 bridgehead atoms. The number of aryl methyl sites for hydroxylation is 1. The fraction of sp³-hybridized carbons (Fsp3) is 0.667. The Bertz CT molecular complexity index is 223. The Balaban J connectivity index is 2.44. The minimum absolute atomic E-state index is 0.295. The Morgan fingerprint density at radius 2 is 2.55 bits per heavy atom. The standard InChI is InChI=1S/C6H11N3OS/c1-5(10)3-11-6-8-7-4-9(6)2/h4-5,10H,3H2,1-2H3/t5-/m0/s1. The minimum atomic E-state index is -0.295. The van der Waals surface area contributed by atoms with E-state index in [9.17, 15) is 0 Å². The smallest absolute Gasteiger partial charge is 0.190 e. The van der Waals surface area contributed by atoms with Crippen molar-refractivity contribution in [3.05, 3.63) is 6.33 Å².